The van der Waals surface area contributed by atoms with Gasteiger partial charge in [-0.3, -0.25) is 9.89 Å². The van der Waals surface area contributed by atoms with Crippen molar-refractivity contribution in [3.05, 3.63) is 40.6 Å². The summed E-state index contributed by atoms with van der Waals surface area (Å²) in [6.45, 7) is 0.219. The van der Waals surface area contributed by atoms with Crippen molar-refractivity contribution in [1.82, 2.24) is 15.5 Å². The van der Waals surface area contributed by atoms with Gasteiger partial charge < -0.3 is 14.8 Å². The Hall–Kier alpha value is -2.90. The molecular weight excluding hydrogens is 276 g/mol. The second kappa shape index (κ2) is 6.51. The van der Waals surface area contributed by atoms with Crippen LogP contribution in [0.1, 0.15) is 16.1 Å². The first-order valence-corrected chi connectivity index (χ1v) is 6.05. The first-order valence-electron chi connectivity index (χ1n) is 6.05. The number of aromatic nitrogens is 2. The Bertz CT molecular complexity index is 653. The number of ether oxygens (including phenoxy) is 2. The van der Waals surface area contributed by atoms with Crippen LogP contribution >= 0.6 is 0 Å². The molecule has 8 heteroatoms. The van der Waals surface area contributed by atoms with E-state index in [0.717, 1.165) is 5.56 Å². The van der Waals surface area contributed by atoms with Gasteiger partial charge in [0.25, 0.3) is 5.91 Å². The van der Waals surface area contributed by atoms with Crippen LogP contribution in [0.15, 0.2) is 29.6 Å². The lowest BCUT2D eigenvalue weighted by molar-refractivity contribution is 0.0946. The van der Waals surface area contributed by atoms with Gasteiger partial charge in [0.1, 0.15) is 11.5 Å². The molecule has 8 nitrogen and oxygen atoms in total. The normalized spacial score (nSPS) is 10.0. The first kappa shape index (κ1) is 14.5. The van der Waals surface area contributed by atoms with Crippen LogP contribution in [0.5, 0.6) is 11.5 Å². The highest BCUT2D eigenvalue weighted by Crippen LogP contribution is 2.24. The second-order valence-electron chi connectivity index (χ2n) is 4.07. The number of amides is 1. The van der Waals surface area contributed by atoms with Gasteiger partial charge in [-0.2, -0.15) is 5.10 Å². The lowest BCUT2D eigenvalue weighted by atomic mass is 10.2. The molecule has 0 fully saturated rings. The molecule has 0 spiro atoms. The number of aromatic amines is 1. The summed E-state index contributed by atoms with van der Waals surface area (Å²) in [5, 5.41) is 11.5. The molecule has 2 rings (SSSR count). The Morgan fingerprint density at radius 2 is 2.19 bits per heavy atom. The number of nitroso groups, excluding NO2 is 1. The predicted octanol–water partition coefficient (Wildman–Crippen LogP) is 1.75. The highest BCUT2D eigenvalue weighted by atomic mass is 16.5. The lowest BCUT2D eigenvalue weighted by Gasteiger charge is -2.10. The largest absolute Gasteiger partial charge is 0.497 e. The Morgan fingerprint density at radius 3 is 2.86 bits per heavy atom. The minimum absolute atomic E-state index is 0.0332. The maximum atomic E-state index is 11.9. The Morgan fingerprint density at radius 1 is 1.38 bits per heavy atom. The number of methoxy groups -OCH3 is 2. The van der Waals surface area contributed by atoms with Crippen molar-refractivity contribution in [1.29, 1.82) is 0 Å². The van der Waals surface area contributed by atoms with E-state index in [1.165, 1.54) is 13.3 Å². The first-order chi connectivity index (χ1) is 10.2. The van der Waals surface area contributed by atoms with Crippen molar-refractivity contribution >= 4 is 11.6 Å². The number of hydrogen-bond donors (Lipinski definition) is 2. The summed E-state index contributed by atoms with van der Waals surface area (Å²) >= 11 is 0. The molecule has 110 valence electrons. The van der Waals surface area contributed by atoms with Crippen LogP contribution in [0.25, 0.3) is 0 Å². The second-order valence-corrected chi connectivity index (χ2v) is 4.07. The van der Waals surface area contributed by atoms with Crippen molar-refractivity contribution in [2.45, 2.75) is 6.54 Å². The van der Waals surface area contributed by atoms with Crippen LogP contribution in [0, 0.1) is 4.91 Å². The third-order valence-corrected chi connectivity index (χ3v) is 2.87. The van der Waals surface area contributed by atoms with Crippen LogP contribution in [-0.2, 0) is 6.54 Å². The summed E-state index contributed by atoms with van der Waals surface area (Å²) < 4.78 is 10.3. The minimum atomic E-state index is -0.497. The van der Waals surface area contributed by atoms with Gasteiger partial charge in [-0.05, 0) is 17.3 Å². The summed E-state index contributed by atoms with van der Waals surface area (Å²) in [5.41, 5.74) is 0.689. The standard InChI is InChI=1S/C13H14N4O4/c1-20-9-4-3-8(11(5-9)21-2)6-14-13(18)12-10(17-19)7-15-16-12/h3-5,7H,6H2,1-2H3,(H,14,18)(H,15,16). The van der Waals surface area contributed by atoms with Crippen molar-refractivity contribution < 1.29 is 14.3 Å². The van der Waals surface area contributed by atoms with Gasteiger partial charge in [0.05, 0.1) is 20.4 Å². The average Bonchev–Trinajstić information content (AvgIpc) is 3.01. The zero-order valence-corrected chi connectivity index (χ0v) is 11.5. The molecule has 0 aliphatic heterocycles. The predicted molar refractivity (Wildman–Crippen MR) is 74.8 cm³/mol. The van der Waals surface area contributed by atoms with Crippen molar-refractivity contribution in [3.63, 3.8) is 0 Å². The van der Waals surface area contributed by atoms with Crippen LogP contribution < -0.4 is 14.8 Å². The molecule has 0 aliphatic rings. The van der Waals surface area contributed by atoms with E-state index in [1.54, 1.807) is 25.3 Å². The molecule has 1 amide bonds. The van der Waals surface area contributed by atoms with E-state index in [1.807, 2.05) is 0 Å². The van der Waals surface area contributed by atoms with Gasteiger partial charge in [0.2, 0.25) is 0 Å². The molecule has 0 radical (unpaired) electrons. The average molecular weight is 290 g/mol. The summed E-state index contributed by atoms with van der Waals surface area (Å²) in [6.07, 6.45) is 1.26. The third kappa shape index (κ3) is 3.16. The molecule has 0 unspecified atom stereocenters. The monoisotopic (exact) mass is 290 g/mol. The lowest BCUT2D eigenvalue weighted by Crippen LogP contribution is -2.23. The van der Waals surface area contributed by atoms with Gasteiger partial charge >= 0.3 is 0 Å². The van der Waals surface area contributed by atoms with Gasteiger partial charge in [0, 0.05) is 18.2 Å². The SMILES string of the molecule is COc1ccc(CNC(=O)c2n[nH]cc2N=O)c(OC)c1. The molecule has 0 saturated heterocycles. The van der Waals surface area contributed by atoms with Crippen LogP contribution in [0.3, 0.4) is 0 Å². The maximum absolute atomic E-state index is 11.9. The van der Waals surface area contributed by atoms with Crippen molar-refractivity contribution in [2.24, 2.45) is 5.18 Å². The fourth-order valence-corrected chi connectivity index (χ4v) is 1.78. The number of rotatable bonds is 6. The van der Waals surface area contributed by atoms with Gasteiger partial charge in [-0.1, -0.05) is 0 Å². The Balaban J connectivity index is 2.09. The zero-order valence-electron chi connectivity index (χ0n) is 11.5. The van der Waals surface area contributed by atoms with E-state index in [4.69, 9.17) is 9.47 Å². The molecule has 2 aromatic rings. The molecular formula is C13H14N4O4. The van der Waals surface area contributed by atoms with Crippen molar-refractivity contribution in [3.8, 4) is 11.5 Å². The molecule has 0 atom stereocenters. The molecule has 1 aromatic carbocycles. The number of nitrogens with zero attached hydrogens (tertiary/aromatic N) is 2. The fraction of sp³-hybridized carbons (Fsp3) is 0.231. The number of carbonyl (C=O) groups is 1. The smallest absolute Gasteiger partial charge is 0.274 e. The van der Waals surface area contributed by atoms with Crippen LogP contribution in [-0.4, -0.2) is 30.3 Å². The number of nitrogens with one attached hydrogen (secondary N) is 2. The molecule has 0 aliphatic carbocycles. The molecule has 1 aromatic heterocycles. The number of benzene rings is 1. The maximum Gasteiger partial charge on any atom is 0.274 e. The molecule has 0 bridgehead atoms. The number of H-pyrrole nitrogens is 1. The number of hydrogen-bond acceptors (Lipinski definition) is 6. The van der Waals surface area contributed by atoms with Gasteiger partial charge in [0.15, 0.2) is 11.4 Å². The summed E-state index contributed by atoms with van der Waals surface area (Å²) in [7, 11) is 3.09. The third-order valence-electron chi connectivity index (χ3n) is 2.87. The van der Waals surface area contributed by atoms with E-state index in [0.29, 0.717) is 11.5 Å². The zero-order chi connectivity index (χ0) is 15.2. The summed E-state index contributed by atoms with van der Waals surface area (Å²) in [6, 6.07) is 5.26. The van der Waals surface area contributed by atoms with E-state index in [9.17, 15) is 9.70 Å². The molecule has 2 N–H and O–H groups in total. The van der Waals surface area contributed by atoms with Crippen molar-refractivity contribution in [2.75, 3.05) is 14.2 Å². The fourth-order valence-electron chi connectivity index (χ4n) is 1.78. The van der Waals surface area contributed by atoms with E-state index in [2.05, 4.69) is 20.7 Å². The number of carbonyl (C=O) groups excluding carboxylic acids is 1. The highest BCUT2D eigenvalue weighted by molar-refractivity contribution is 5.96. The van der Waals surface area contributed by atoms with Gasteiger partial charge in [-0.25, -0.2) is 0 Å². The van der Waals surface area contributed by atoms with Crippen LogP contribution in [0.4, 0.5) is 5.69 Å². The van der Waals surface area contributed by atoms with Crippen LogP contribution in [0.2, 0.25) is 0 Å². The molecule has 1 heterocycles. The quantitative estimate of drug-likeness (QED) is 0.788. The minimum Gasteiger partial charge on any atom is -0.497 e. The topological polar surface area (TPSA) is 106 Å². The highest BCUT2D eigenvalue weighted by Gasteiger charge is 2.15. The Kier molecular flexibility index (Phi) is 4.50. The Labute approximate surface area is 120 Å². The molecule has 0 saturated carbocycles. The van der Waals surface area contributed by atoms with E-state index in [-0.39, 0.29) is 17.9 Å². The summed E-state index contributed by atoms with van der Waals surface area (Å²) in [5.74, 6) is 0.746. The van der Waals surface area contributed by atoms with E-state index >= 15 is 0 Å². The van der Waals surface area contributed by atoms with Gasteiger partial charge in [-0.15, -0.1) is 4.91 Å². The molecule has 21 heavy (non-hydrogen) atoms. The van der Waals surface area contributed by atoms with E-state index < -0.39 is 5.91 Å². The summed E-state index contributed by atoms with van der Waals surface area (Å²) in [4.78, 5) is 22.4.